The largest absolute Gasteiger partial charge is 0.352 e. The molecule has 27 heavy (non-hydrogen) atoms. The minimum absolute atomic E-state index is 0.0672. The maximum Gasteiger partial charge on any atom is 0.325 e. The Balaban J connectivity index is 2.04. The molecule has 0 aromatic heterocycles. The third-order valence-corrected chi connectivity index (χ3v) is 4.72. The van der Waals surface area contributed by atoms with Crippen molar-refractivity contribution in [3.63, 3.8) is 0 Å². The van der Waals surface area contributed by atoms with Crippen LogP contribution in [-0.4, -0.2) is 35.3 Å². The number of nitrogens with zero attached hydrogens (tertiary/aromatic N) is 1. The molecule has 0 radical (unpaired) electrons. The van der Waals surface area contributed by atoms with Gasteiger partial charge in [0, 0.05) is 6.04 Å². The van der Waals surface area contributed by atoms with Gasteiger partial charge in [-0.1, -0.05) is 32.3 Å². The number of benzene rings is 1. The Morgan fingerprint density at radius 1 is 1.26 bits per heavy atom. The van der Waals surface area contributed by atoms with E-state index in [-0.39, 0.29) is 11.6 Å². The van der Waals surface area contributed by atoms with Crippen LogP contribution in [0.25, 0.3) is 0 Å². The molecule has 8 heteroatoms. The summed E-state index contributed by atoms with van der Waals surface area (Å²) in [6.45, 7) is 4.92. The summed E-state index contributed by atoms with van der Waals surface area (Å²) in [5, 5.41) is 5.23. The summed E-state index contributed by atoms with van der Waals surface area (Å²) in [4.78, 5) is 37.9. The van der Waals surface area contributed by atoms with E-state index >= 15 is 0 Å². The number of halogens is 2. The molecule has 148 valence electrons. The number of rotatable bonds is 8. The number of carbonyl (C=O) groups is 3. The first-order chi connectivity index (χ1) is 12.7. The average Bonchev–Trinajstić information content (AvgIpc) is 2.81. The molecule has 1 aromatic rings. The predicted octanol–water partition coefficient (Wildman–Crippen LogP) is 2.82. The lowest BCUT2D eigenvalue weighted by Crippen LogP contribution is -2.45. The SMILES string of the molecule is CCCCCC(C)NC(=O)CN1C(=O)NC(C)(c2ccc(F)c(F)c2)C1=O. The molecular formula is C19H25F2N3O3. The molecule has 6 nitrogen and oxygen atoms in total. The summed E-state index contributed by atoms with van der Waals surface area (Å²) >= 11 is 0. The van der Waals surface area contributed by atoms with Crippen LogP contribution < -0.4 is 10.6 Å². The maximum absolute atomic E-state index is 13.5. The van der Waals surface area contributed by atoms with Crippen molar-refractivity contribution in [3.8, 4) is 0 Å². The topological polar surface area (TPSA) is 78.5 Å². The highest BCUT2D eigenvalue weighted by atomic mass is 19.2. The minimum atomic E-state index is -1.56. The number of amides is 4. The van der Waals surface area contributed by atoms with Crippen LogP contribution in [0.4, 0.5) is 13.6 Å². The van der Waals surface area contributed by atoms with Gasteiger partial charge < -0.3 is 10.6 Å². The molecule has 0 spiro atoms. The second-order valence-corrected chi connectivity index (χ2v) is 7.04. The van der Waals surface area contributed by atoms with E-state index in [0.717, 1.165) is 42.7 Å². The van der Waals surface area contributed by atoms with Crippen LogP contribution >= 0.6 is 0 Å². The van der Waals surface area contributed by atoms with E-state index in [4.69, 9.17) is 0 Å². The fourth-order valence-corrected chi connectivity index (χ4v) is 3.08. The van der Waals surface area contributed by atoms with Crippen LogP contribution in [0, 0.1) is 11.6 Å². The zero-order valence-corrected chi connectivity index (χ0v) is 15.8. The normalized spacial score (nSPS) is 20.6. The van der Waals surface area contributed by atoms with Gasteiger partial charge in [-0.15, -0.1) is 0 Å². The molecular weight excluding hydrogens is 356 g/mol. The Morgan fingerprint density at radius 2 is 1.96 bits per heavy atom. The van der Waals surface area contributed by atoms with Crippen molar-refractivity contribution in [2.45, 2.75) is 58.0 Å². The zero-order chi connectivity index (χ0) is 20.2. The fraction of sp³-hybridized carbons (Fsp3) is 0.526. The van der Waals surface area contributed by atoms with E-state index in [1.54, 1.807) is 0 Å². The molecule has 1 heterocycles. The van der Waals surface area contributed by atoms with Crippen molar-refractivity contribution in [1.29, 1.82) is 0 Å². The van der Waals surface area contributed by atoms with Crippen molar-refractivity contribution in [2.75, 3.05) is 6.54 Å². The molecule has 0 aliphatic carbocycles. The van der Waals surface area contributed by atoms with Crippen molar-refractivity contribution >= 4 is 17.8 Å². The van der Waals surface area contributed by atoms with E-state index < -0.39 is 41.6 Å². The maximum atomic E-state index is 13.5. The number of unbranched alkanes of at least 4 members (excludes halogenated alkanes) is 2. The average molecular weight is 381 g/mol. The second-order valence-electron chi connectivity index (χ2n) is 7.04. The summed E-state index contributed by atoms with van der Waals surface area (Å²) in [6.07, 6.45) is 3.94. The van der Waals surface area contributed by atoms with Gasteiger partial charge in [-0.2, -0.15) is 0 Å². The predicted molar refractivity (Wildman–Crippen MR) is 95.7 cm³/mol. The third-order valence-electron chi connectivity index (χ3n) is 4.72. The van der Waals surface area contributed by atoms with E-state index in [1.807, 2.05) is 6.92 Å². The molecule has 1 fully saturated rings. The van der Waals surface area contributed by atoms with Crippen LogP contribution in [0.3, 0.4) is 0 Å². The first-order valence-corrected chi connectivity index (χ1v) is 9.08. The van der Waals surface area contributed by atoms with E-state index in [1.165, 1.54) is 13.0 Å². The van der Waals surface area contributed by atoms with Crippen LogP contribution in [0.2, 0.25) is 0 Å². The summed E-state index contributed by atoms with van der Waals surface area (Å²) in [7, 11) is 0. The minimum Gasteiger partial charge on any atom is -0.352 e. The monoisotopic (exact) mass is 381 g/mol. The molecule has 1 saturated heterocycles. The molecule has 1 aliphatic heterocycles. The number of imide groups is 1. The molecule has 2 N–H and O–H groups in total. The lowest BCUT2D eigenvalue weighted by Gasteiger charge is -2.22. The highest BCUT2D eigenvalue weighted by molar-refractivity contribution is 6.09. The quantitative estimate of drug-likeness (QED) is 0.537. The van der Waals surface area contributed by atoms with Gasteiger partial charge in [-0.3, -0.25) is 14.5 Å². The summed E-state index contributed by atoms with van der Waals surface area (Å²) < 4.78 is 26.7. The van der Waals surface area contributed by atoms with Gasteiger partial charge in [-0.05, 0) is 38.0 Å². The molecule has 2 atom stereocenters. The van der Waals surface area contributed by atoms with Crippen molar-refractivity contribution < 1.29 is 23.2 Å². The molecule has 1 aliphatic rings. The van der Waals surface area contributed by atoms with Crippen molar-refractivity contribution in [1.82, 2.24) is 15.5 Å². The Hall–Kier alpha value is -2.51. The Kier molecular flexibility index (Phi) is 6.51. The van der Waals surface area contributed by atoms with Gasteiger partial charge in [0.05, 0.1) is 0 Å². The van der Waals surface area contributed by atoms with Crippen molar-refractivity contribution in [2.24, 2.45) is 0 Å². The van der Waals surface area contributed by atoms with Gasteiger partial charge in [0.25, 0.3) is 5.91 Å². The number of urea groups is 1. The first-order valence-electron chi connectivity index (χ1n) is 9.08. The molecule has 0 bridgehead atoms. The second kappa shape index (κ2) is 8.45. The lowest BCUT2D eigenvalue weighted by atomic mass is 9.92. The summed E-state index contributed by atoms with van der Waals surface area (Å²) in [5.41, 5.74) is -1.45. The Morgan fingerprint density at radius 3 is 2.59 bits per heavy atom. The smallest absolute Gasteiger partial charge is 0.325 e. The van der Waals surface area contributed by atoms with Crippen LogP contribution in [0.15, 0.2) is 18.2 Å². The molecule has 2 rings (SSSR count). The van der Waals surface area contributed by atoms with Gasteiger partial charge in [0.1, 0.15) is 12.1 Å². The van der Waals surface area contributed by atoms with Crippen LogP contribution in [-0.2, 0) is 15.1 Å². The highest BCUT2D eigenvalue weighted by Gasteiger charge is 2.49. The molecule has 2 unspecified atom stereocenters. The first kappa shape index (κ1) is 20.8. The lowest BCUT2D eigenvalue weighted by molar-refractivity contribution is -0.135. The van der Waals surface area contributed by atoms with E-state index in [2.05, 4.69) is 17.6 Å². The fourth-order valence-electron chi connectivity index (χ4n) is 3.08. The standard InChI is InChI=1S/C19H25F2N3O3/c1-4-5-6-7-12(2)22-16(25)11-24-17(26)19(3,23-18(24)27)13-8-9-14(20)15(21)10-13/h8-10,12H,4-7,11H2,1-3H3,(H,22,25)(H,23,27). The Bertz CT molecular complexity index is 741. The molecule has 0 saturated carbocycles. The van der Waals surface area contributed by atoms with Gasteiger partial charge in [0.2, 0.25) is 5.91 Å². The van der Waals surface area contributed by atoms with E-state index in [0.29, 0.717) is 0 Å². The summed E-state index contributed by atoms with van der Waals surface area (Å²) in [5.74, 6) is -3.30. The van der Waals surface area contributed by atoms with Gasteiger partial charge in [-0.25, -0.2) is 13.6 Å². The Labute approximate surface area is 157 Å². The van der Waals surface area contributed by atoms with Crippen LogP contribution in [0.5, 0.6) is 0 Å². The zero-order valence-electron chi connectivity index (χ0n) is 15.8. The van der Waals surface area contributed by atoms with Gasteiger partial charge >= 0.3 is 6.03 Å². The van der Waals surface area contributed by atoms with Gasteiger partial charge in [0.15, 0.2) is 11.6 Å². The summed E-state index contributed by atoms with van der Waals surface area (Å²) in [6, 6.07) is 2.18. The highest BCUT2D eigenvalue weighted by Crippen LogP contribution is 2.29. The van der Waals surface area contributed by atoms with E-state index in [9.17, 15) is 23.2 Å². The number of nitrogens with one attached hydrogen (secondary N) is 2. The number of hydrogen-bond donors (Lipinski definition) is 2. The number of hydrogen-bond acceptors (Lipinski definition) is 3. The van der Waals surface area contributed by atoms with Crippen molar-refractivity contribution in [3.05, 3.63) is 35.4 Å². The molecule has 1 aromatic carbocycles. The van der Waals surface area contributed by atoms with Crippen LogP contribution in [0.1, 0.15) is 52.0 Å². The molecule has 4 amide bonds. The number of carbonyl (C=O) groups excluding carboxylic acids is 3. The third kappa shape index (κ3) is 4.61.